The van der Waals surface area contributed by atoms with Gasteiger partial charge in [0.25, 0.3) is 0 Å². The smallest absolute Gasteiger partial charge is 0.154 e. The SMILES string of the molecule is O=S1(=O)C[C@@H](O)[C@H](NC2CCNCC2)C1. The maximum Gasteiger partial charge on any atom is 0.154 e. The van der Waals surface area contributed by atoms with Crippen LogP contribution in [0.1, 0.15) is 12.8 Å². The molecule has 3 N–H and O–H groups in total. The highest BCUT2D eigenvalue weighted by Crippen LogP contribution is 2.15. The van der Waals surface area contributed by atoms with Crippen molar-refractivity contribution in [3.05, 3.63) is 0 Å². The summed E-state index contributed by atoms with van der Waals surface area (Å²) in [5.41, 5.74) is 0. The molecule has 0 unspecified atom stereocenters. The first-order valence-electron chi connectivity index (χ1n) is 5.42. The van der Waals surface area contributed by atoms with Crippen molar-refractivity contribution in [2.75, 3.05) is 24.6 Å². The third-order valence-electron chi connectivity index (χ3n) is 3.11. The number of aliphatic hydroxyl groups excluding tert-OH is 1. The third kappa shape index (κ3) is 2.90. The minimum absolute atomic E-state index is 0.0814. The second kappa shape index (κ2) is 4.37. The molecule has 0 radical (unpaired) electrons. The molecule has 0 spiro atoms. The van der Waals surface area contributed by atoms with Crippen LogP contribution in [-0.4, -0.2) is 56.3 Å². The zero-order chi connectivity index (χ0) is 10.9. The highest BCUT2D eigenvalue weighted by atomic mass is 32.2. The molecular formula is C9H18N2O3S. The molecule has 0 saturated carbocycles. The standard InChI is InChI=1S/C9H18N2O3S/c12-9-6-15(13,14)5-8(9)11-7-1-3-10-4-2-7/h7-12H,1-6H2/t8-,9-/m1/s1. The average Bonchev–Trinajstić information content (AvgIpc) is 2.41. The van der Waals surface area contributed by atoms with Gasteiger partial charge in [0.1, 0.15) is 0 Å². The molecule has 2 fully saturated rings. The molecule has 6 heteroatoms. The van der Waals surface area contributed by atoms with Crippen molar-refractivity contribution in [2.45, 2.75) is 31.0 Å². The highest BCUT2D eigenvalue weighted by molar-refractivity contribution is 7.91. The molecule has 88 valence electrons. The Morgan fingerprint density at radius 2 is 1.87 bits per heavy atom. The minimum atomic E-state index is -3.02. The van der Waals surface area contributed by atoms with Gasteiger partial charge in [0.05, 0.1) is 17.6 Å². The van der Waals surface area contributed by atoms with Gasteiger partial charge in [-0.15, -0.1) is 0 Å². The first-order chi connectivity index (χ1) is 7.07. The monoisotopic (exact) mass is 234 g/mol. The number of nitrogens with one attached hydrogen (secondary N) is 2. The topological polar surface area (TPSA) is 78.4 Å². The quantitative estimate of drug-likeness (QED) is 0.541. The average molecular weight is 234 g/mol. The molecule has 2 saturated heterocycles. The van der Waals surface area contributed by atoms with Gasteiger partial charge in [0.2, 0.25) is 0 Å². The van der Waals surface area contributed by atoms with Gasteiger partial charge >= 0.3 is 0 Å². The van der Waals surface area contributed by atoms with Gasteiger partial charge in [0, 0.05) is 12.1 Å². The lowest BCUT2D eigenvalue weighted by Gasteiger charge is -2.27. The van der Waals surface area contributed by atoms with Crippen molar-refractivity contribution in [2.24, 2.45) is 0 Å². The summed E-state index contributed by atoms with van der Waals surface area (Å²) in [5.74, 6) is -0.00622. The van der Waals surface area contributed by atoms with Gasteiger partial charge in [-0.05, 0) is 25.9 Å². The van der Waals surface area contributed by atoms with Gasteiger partial charge in [-0.25, -0.2) is 8.42 Å². The summed E-state index contributed by atoms with van der Waals surface area (Å²) in [6.07, 6.45) is 1.27. The van der Waals surface area contributed by atoms with E-state index in [0.29, 0.717) is 6.04 Å². The van der Waals surface area contributed by atoms with E-state index in [9.17, 15) is 13.5 Å². The van der Waals surface area contributed by atoms with E-state index in [2.05, 4.69) is 10.6 Å². The van der Waals surface area contributed by atoms with Crippen molar-refractivity contribution in [1.82, 2.24) is 10.6 Å². The Bertz CT molecular complexity index is 311. The summed E-state index contributed by atoms with van der Waals surface area (Å²) >= 11 is 0. The van der Waals surface area contributed by atoms with E-state index in [-0.39, 0.29) is 17.5 Å². The van der Waals surface area contributed by atoms with E-state index >= 15 is 0 Å². The fourth-order valence-corrected chi connectivity index (χ4v) is 4.03. The Morgan fingerprint density at radius 3 is 2.40 bits per heavy atom. The number of rotatable bonds is 2. The number of sulfone groups is 1. The molecule has 0 amide bonds. The maximum atomic E-state index is 11.3. The summed E-state index contributed by atoms with van der Waals surface area (Å²) < 4.78 is 22.6. The normalized spacial score (nSPS) is 36.9. The van der Waals surface area contributed by atoms with Gasteiger partial charge < -0.3 is 15.7 Å². The molecule has 0 aliphatic carbocycles. The van der Waals surface area contributed by atoms with E-state index in [1.807, 2.05) is 0 Å². The summed E-state index contributed by atoms with van der Waals surface area (Å²) in [5, 5.41) is 16.1. The second-order valence-electron chi connectivity index (χ2n) is 4.44. The highest BCUT2D eigenvalue weighted by Gasteiger charge is 2.37. The van der Waals surface area contributed by atoms with E-state index in [1.54, 1.807) is 0 Å². The number of piperidine rings is 1. The van der Waals surface area contributed by atoms with Crippen LogP contribution in [-0.2, 0) is 9.84 Å². The lowest BCUT2D eigenvalue weighted by Crippen LogP contribution is -2.48. The summed E-state index contributed by atoms with van der Waals surface area (Å²) in [6, 6.07) is 0.0808. The van der Waals surface area contributed by atoms with Gasteiger partial charge in [-0.3, -0.25) is 0 Å². The van der Waals surface area contributed by atoms with Crippen molar-refractivity contribution < 1.29 is 13.5 Å². The van der Waals surface area contributed by atoms with Gasteiger partial charge in [-0.1, -0.05) is 0 Å². The lowest BCUT2D eigenvalue weighted by molar-refractivity contribution is 0.154. The molecule has 2 aliphatic rings. The van der Waals surface area contributed by atoms with Crippen LogP contribution in [0.5, 0.6) is 0 Å². The first-order valence-corrected chi connectivity index (χ1v) is 7.24. The fraction of sp³-hybridized carbons (Fsp3) is 1.00. The predicted molar refractivity (Wildman–Crippen MR) is 57.5 cm³/mol. The Balaban J connectivity index is 1.89. The lowest BCUT2D eigenvalue weighted by atomic mass is 10.0. The maximum absolute atomic E-state index is 11.3. The van der Waals surface area contributed by atoms with Crippen LogP contribution in [0, 0.1) is 0 Å². The van der Waals surface area contributed by atoms with E-state index < -0.39 is 15.9 Å². The molecule has 0 aromatic heterocycles. The van der Waals surface area contributed by atoms with Crippen molar-refractivity contribution in [1.29, 1.82) is 0 Å². The Morgan fingerprint density at radius 1 is 1.20 bits per heavy atom. The van der Waals surface area contributed by atoms with Crippen LogP contribution < -0.4 is 10.6 Å². The molecule has 2 aliphatic heterocycles. The Labute approximate surface area is 90.2 Å². The molecule has 0 aromatic carbocycles. The van der Waals surface area contributed by atoms with E-state index in [1.165, 1.54) is 0 Å². The molecule has 2 rings (SSSR count). The number of hydrogen-bond donors (Lipinski definition) is 3. The second-order valence-corrected chi connectivity index (χ2v) is 6.60. The summed E-state index contributed by atoms with van der Waals surface area (Å²) in [7, 11) is -3.02. The molecule has 15 heavy (non-hydrogen) atoms. The molecular weight excluding hydrogens is 216 g/mol. The van der Waals surface area contributed by atoms with Gasteiger partial charge in [0.15, 0.2) is 9.84 Å². The van der Waals surface area contributed by atoms with Crippen LogP contribution in [0.2, 0.25) is 0 Å². The molecule has 0 aromatic rings. The van der Waals surface area contributed by atoms with Crippen LogP contribution in [0.4, 0.5) is 0 Å². The zero-order valence-corrected chi connectivity index (χ0v) is 9.46. The Hall–Kier alpha value is -0.170. The van der Waals surface area contributed by atoms with Crippen LogP contribution in [0.3, 0.4) is 0 Å². The largest absolute Gasteiger partial charge is 0.390 e. The zero-order valence-electron chi connectivity index (χ0n) is 8.65. The number of aliphatic hydroxyl groups is 1. The minimum Gasteiger partial charge on any atom is -0.390 e. The first kappa shape index (κ1) is 11.3. The molecule has 2 heterocycles. The number of hydrogen-bond acceptors (Lipinski definition) is 5. The van der Waals surface area contributed by atoms with Crippen molar-refractivity contribution in [3.8, 4) is 0 Å². The fourth-order valence-electron chi connectivity index (χ4n) is 2.28. The van der Waals surface area contributed by atoms with Crippen LogP contribution in [0.15, 0.2) is 0 Å². The van der Waals surface area contributed by atoms with Crippen molar-refractivity contribution in [3.63, 3.8) is 0 Å². The molecule has 2 atom stereocenters. The Kier molecular flexibility index (Phi) is 3.30. The van der Waals surface area contributed by atoms with E-state index in [0.717, 1.165) is 25.9 Å². The van der Waals surface area contributed by atoms with Crippen molar-refractivity contribution >= 4 is 9.84 Å². The van der Waals surface area contributed by atoms with Gasteiger partial charge in [-0.2, -0.15) is 0 Å². The summed E-state index contributed by atoms with van der Waals surface area (Å²) in [6.45, 7) is 1.93. The molecule has 5 nitrogen and oxygen atoms in total. The van der Waals surface area contributed by atoms with Crippen LogP contribution >= 0.6 is 0 Å². The predicted octanol–water partition coefficient (Wildman–Crippen LogP) is -1.51. The summed E-state index contributed by atoms with van der Waals surface area (Å²) in [4.78, 5) is 0. The van der Waals surface area contributed by atoms with E-state index in [4.69, 9.17) is 0 Å². The molecule has 0 bridgehead atoms. The van der Waals surface area contributed by atoms with Crippen LogP contribution in [0.25, 0.3) is 0 Å². The third-order valence-corrected chi connectivity index (χ3v) is 4.83.